The van der Waals surface area contributed by atoms with E-state index in [2.05, 4.69) is 15.9 Å². The number of carbonyl (C=O) groups is 12. The molecule has 3 aliphatic carbocycles. The number of nitrogens with zero attached hydrogens (tertiary/aromatic N) is 4. The van der Waals surface area contributed by atoms with E-state index >= 15 is 0 Å². The molecule has 0 aromatic heterocycles. The van der Waals surface area contributed by atoms with Gasteiger partial charge >= 0.3 is 41.8 Å². The van der Waals surface area contributed by atoms with E-state index in [0.717, 1.165) is 10.5 Å². The fourth-order valence-corrected chi connectivity index (χ4v) is 18.6. The number of anilines is 4. The van der Waals surface area contributed by atoms with Crippen molar-refractivity contribution >= 4 is 210 Å². The summed E-state index contributed by atoms with van der Waals surface area (Å²) in [4.78, 5) is 155. The van der Waals surface area contributed by atoms with Gasteiger partial charge in [0.25, 0.3) is 19.4 Å². The van der Waals surface area contributed by atoms with E-state index < -0.39 is 132 Å². The number of ether oxygens (including phenoxy) is 14. The SMILES string of the molecule is CC(C)(C)OC(=O)CN(CC(=O)OC(C)(C)C)c1ccccc1OCCOc1cc(Br)c(C(=O)OC(C)(C)C)cc1N(CC(=O)OC(C)(C)C)CC(=O)OC(C)(C)C.CC1(C)C2=C(Cl)C(=O)C(Cl)=CC2=C(c2cc(OCCOc3ccccc3N(COC=O)CC(=O)O)c(N(COC=O)CC(=O)O)cc2OC=O)c2cc(Cl)c(O)c(Cl)c21.COCOc1c(Cl)cc2c(c1Cl)C(C)(C)c1c(cc(Cl)c(C)c1Cl)C2=O. The van der Waals surface area contributed by atoms with Gasteiger partial charge in [0.05, 0.1) is 58.5 Å². The quantitative estimate of drug-likeness (QED) is 0.0106. The predicted octanol–water partition coefficient (Wildman–Crippen LogP) is 20.3. The number of benzene rings is 7. The number of rotatable bonds is 39. The molecule has 3 N–H and O–H groups in total. The number of phenolic OH excluding ortho intramolecular Hbond substituents is 1. The molecule has 0 unspecified atom stereocenters. The fourth-order valence-electron chi connectivity index (χ4n) is 15.3. The Morgan fingerprint density at radius 1 is 0.434 bits per heavy atom. The Labute approximate surface area is 875 Å². The third kappa shape index (κ3) is 30.8. The van der Waals surface area contributed by atoms with Gasteiger partial charge in [0, 0.05) is 60.8 Å². The summed E-state index contributed by atoms with van der Waals surface area (Å²) in [5.41, 5.74) is -0.505. The van der Waals surface area contributed by atoms with Crippen molar-refractivity contribution in [1.29, 1.82) is 0 Å². The number of para-hydroxylation sites is 4. The van der Waals surface area contributed by atoms with E-state index in [1.807, 2.05) is 20.8 Å². The number of esters is 5. The molecule has 772 valence electrons. The van der Waals surface area contributed by atoms with Crippen molar-refractivity contribution < 1.29 is 139 Å². The molecule has 0 aliphatic heterocycles. The molecule has 33 nitrogen and oxygen atoms in total. The average Bonchev–Trinajstić information content (AvgIpc) is 0.700. The number of halogens is 9. The number of fused-ring (bicyclic) bond motifs is 4. The highest BCUT2D eigenvalue weighted by atomic mass is 79.9. The molecule has 0 heterocycles. The second-order valence-electron chi connectivity index (χ2n) is 38.2. The lowest BCUT2D eigenvalue weighted by Crippen LogP contribution is -2.40. The van der Waals surface area contributed by atoms with Crippen LogP contribution in [0.5, 0.6) is 40.2 Å². The second-order valence-corrected chi connectivity index (χ2v) is 42.2. The molecule has 0 bridgehead atoms. The molecule has 7 aromatic rings. The normalized spacial score (nSPS) is 13.4. The number of carboxylic acid groups (broad SMARTS) is 2. The lowest BCUT2D eigenvalue weighted by molar-refractivity contribution is -0.156. The number of carboxylic acids is 2. The van der Waals surface area contributed by atoms with E-state index in [4.69, 9.17) is 159 Å². The van der Waals surface area contributed by atoms with Crippen LogP contribution in [0.25, 0.3) is 5.57 Å². The monoisotopic (exact) mass is 2200 g/mol. The van der Waals surface area contributed by atoms with Crippen molar-refractivity contribution in [3.05, 3.63) is 203 Å². The lowest BCUT2D eigenvalue weighted by Gasteiger charge is -2.40. The topological polar surface area (TPSA) is 408 Å². The number of hydrogen-bond donors (Lipinski definition) is 3. The first-order valence-corrected chi connectivity index (χ1v) is 47.7. The Morgan fingerprint density at radius 2 is 0.839 bits per heavy atom. The summed E-state index contributed by atoms with van der Waals surface area (Å²) in [6.07, 6.45) is 1.37. The van der Waals surface area contributed by atoms with Gasteiger partial charge in [-0.1, -0.05) is 145 Å². The standard InChI is InChI=1S/C43H63BrN2O12.C39H32Cl4N2O14.C19H16Cl4O3/c1-39(2,3)54-34(47)24-45(25-35(48)55-40(4,5)6)30-18-16-17-19-32(30)52-20-21-53-33-23-29(44)28(38(51)58-43(13,14)15)22-31(33)46(26-36(49)56-41(7,8)9)27-37(50)57-42(10,11)12;1-39(2)33-21(9-23(40)37(53)35(33)42)32(22-10-24(41)38(54)36(43)34(22)39)20-11-29(26(12-28(20)59-19-48)45(14-31(51)52)16-56-18-47)58-8-7-57-27-6-4-3-5-25(27)44(13-30(49)50)15-55-17-46;1-8-11(20)5-9-13(15(8)22)19(2,3)14-10(17(9)24)6-12(21)18(16(14)23)26-7-25-4/h16-19,22-23H,20-21,24-27H2,1-15H3;3-6,9-12,17-19,53H,7-8,13-16H2,1-2H3,(H,49,50)(H,51,52);5-6H,7H2,1-4H3. The Bertz CT molecular complexity index is 6080. The van der Waals surface area contributed by atoms with Crippen LogP contribution in [0.15, 0.2) is 123 Å². The van der Waals surface area contributed by atoms with Crippen molar-refractivity contribution in [2.24, 2.45) is 0 Å². The van der Waals surface area contributed by atoms with E-state index in [-0.39, 0.29) is 181 Å². The number of methoxy groups -OCH3 is 1. The molecular formula is C101H111BrCl8N4O29. The van der Waals surface area contributed by atoms with Crippen molar-refractivity contribution in [3.8, 4) is 40.2 Å². The number of hydrogen-bond acceptors (Lipinski definition) is 31. The van der Waals surface area contributed by atoms with Gasteiger partial charge in [-0.15, -0.1) is 0 Å². The fraction of sp³-hybridized carbons (Fsp3) is 0.406. The highest BCUT2D eigenvalue weighted by Gasteiger charge is 2.47. The van der Waals surface area contributed by atoms with Crippen LogP contribution >= 0.6 is 109 Å². The minimum atomic E-state index is -1.34. The zero-order chi connectivity index (χ0) is 107. The minimum absolute atomic E-state index is 0.0152. The maximum Gasteiger partial charge on any atom is 0.339 e. The van der Waals surface area contributed by atoms with Crippen LogP contribution in [0.2, 0.25) is 30.1 Å². The van der Waals surface area contributed by atoms with Gasteiger partial charge in [0.15, 0.2) is 37.5 Å². The van der Waals surface area contributed by atoms with Crippen molar-refractivity contribution in [3.63, 3.8) is 0 Å². The molecule has 0 fully saturated rings. The van der Waals surface area contributed by atoms with Crippen LogP contribution in [-0.4, -0.2) is 209 Å². The van der Waals surface area contributed by atoms with Crippen molar-refractivity contribution in [2.75, 3.05) is 113 Å². The van der Waals surface area contributed by atoms with E-state index in [1.165, 1.54) is 52.2 Å². The Morgan fingerprint density at radius 3 is 1.29 bits per heavy atom. The Balaban J connectivity index is 0.000000281. The van der Waals surface area contributed by atoms with Gasteiger partial charge in [-0.2, -0.15) is 0 Å². The van der Waals surface area contributed by atoms with Crippen LogP contribution in [0.1, 0.15) is 191 Å². The summed E-state index contributed by atoms with van der Waals surface area (Å²) in [5.74, 6) is -6.21. The summed E-state index contributed by atoms with van der Waals surface area (Å²) < 4.78 is 78.5. The number of allylic oxidation sites excluding steroid dienone is 5. The predicted molar refractivity (Wildman–Crippen MR) is 544 cm³/mol. The first-order chi connectivity index (χ1) is 66.5. The number of carbonyl (C=O) groups excluding carboxylic acids is 10. The molecule has 0 radical (unpaired) electrons. The maximum absolute atomic E-state index is 13.4. The summed E-state index contributed by atoms with van der Waals surface area (Å²) in [6.45, 7) is 31.4. The Kier molecular flexibility index (Phi) is 40.0. The first-order valence-electron chi connectivity index (χ1n) is 43.9. The molecule has 143 heavy (non-hydrogen) atoms. The largest absolute Gasteiger partial charge is 0.505 e. The summed E-state index contributed by atoms with van der Waals surface area (Å²) in [6, 6.07) is 23.5. The minimum Gasteiger partial charge on any atom is -0.505 e. The highest BCUT2D eigenvalue weighted by Crippen LogP contribution is 2.59. The molecule has 0 saturated heterocycles. The molecular weight excluding hydrogens is 2100 g/mol. The van der Waals surface area contributed by atoms with Crippen LogP contribution in [0.3, 0.4) is 0 Å². The molecule has 10 rings (SSSR count). The highest BCUT2D eigenvalue weighted by molar-refractivity contribution is 9.10. The van der Waals surface area contributed by atoms with Gasteiger partial charge in [-0.05, 0) is 232 Å². The smallest absolute Gasteiger partial charge is 0.339 e. The second kappa shape index (κ2) is 49.0. The molecule has 7 aromatic carbocycles. The van der Waals surface area contributed by atoms with Crippen LogP contribution < -0.4 is 48.0 Å². The van der Waals surface area contributed by atoms with Gasteiger partial charge in [-0.3, -0.25) is 52.7 Å². The number of phenols is 1. The number of aromatic hydroxyl groups is 1. The van der Waals surface area contributed by atoms with E-state index in [1.54, 1.807) is 184 Å². The maximum atomic E-state index is 13.4. The summed E-state index contributed by atoms with van der Waals surface area (Å²) >= 11 is 55.7. The van der Waals surface area contributed by atoms with Crippen LogP contribution in [0, 0.1) is 6.92 Å². The third-order valence-corrected chi connectivity index (χ3v) is 24.0. The average molecular weight is 2210 g/mol. The number of aliphatic carboxylic acids is 2. The van der Waals surface area contributed by atoms with E-state index in [9.17, 15) is 72.9 Å². The molecule has 0 atom stereocenters. The van der Waals surface area contributed by atoms with Gasteiger partial charge in [0.1, 0.15) is 122 Å². The van der Waals surface area contributed by atoms with Crippen LogP contribution in [0.4, 0.5) is 22.7 Å². The number of Topliss-reactive ketones (excluding diaryl/α,β-unsaturated/α-hetero) is 1. The molecule has 42 heteroatoms. The molecule has 3 aliphatic rings. The molecule has 0 amide bonds. The van der Waals surface area contributed by atoms with Gasteiger partial charge < -0.3 is 101 Å². The zero-order valence-electron chi connectivity index (χ0n) is 82.3. The summed E-state index contributed by atoms with van der Waals surface area (Å²) in [5, 5.41) is 30.7. The summed E-state index contributed by atoms with van der Waals surface area (Å²) in [7, 11) is 1.50. The number of ketones is 2. The van der Waals surface area contributed by atoms with Gasteiger partial charge in [0.2, 0.25) is 5.78 Å². The van der Waals surface area contributed by atoms with Crippen LogP contribution in [-0.2, 0) is 96.7 Å². The van der Waals surface area contributed by atoms with Crippen molar-refractivity contribution in [2.45, 2.75) is 177 Å². The first kappa shape index (κ1) is 117. The molecule has 0 saturated carbocycles. The Hall–Kier alpha value is -11.4. The van der Waals surface area contributed by atoms with E-state index in [0.29, 0.717) is 53.8 Å². The van der Waals surface area contributed by atoms with Gasteiger partial charge in [-0.25, -0.2) is 4.79 Å². The zero-order valence-corrected chi connectivity index (χ0v) is 89.9. The third-order valence-electron chi connectivity index (χ3n) is 20.5. The molecule has 0 spiro atoms. The van der Waals surface area contributed by atoms with Crippen molar-refractivity contribution in [1.82, 2.24) is 0 Å². The lowest BCUT2D eigenvalue weighted by atomic mass is 9.64.